The third kappa shape index (κ3) is 5.25. The van der Waals surface area contributed by atoms with Crippen molar-refractivity contribution in [2.24, 2.45) is 5.92 Å². The average molecular weight is 400 g/mol. The van der Waals surface area contributed by atoms with Crippen LogP contribution in [0.1, 0.15) is 17.5 Å². The molecule has 0 saturated carbocycles. The highest BCUT2D eigenvalue weighted by Crippen LogP contribution is 2.28. The summed E-state index contributed by atoms with van der Waals surface area (Å²) in [6.07, 6.45) is 0.852. The first-order chi connectivity index (χ1) is 14.0. The largest absolute Gasteiger partial charge is 0.493 e. The van der Waals surface area contributed by atoms with Crippen LogP contribution >= 0.6 is 0 Å². The molecular formula is C22H25FN2O4. The second kappa shape index (κ2) is 9.41. The third-order valence-corrected chi connectivity index (χ3v) is 5.06. The Bertz CT molecular complexity index is 887. The van der Waals surface area contributed by atoms with Gasteiger partial charge in [-0.3, -0.25) is 9.59 Å². The zero-order chi connectivity index (χ0) is 20.8. The number of nitrogens with one attached hydrogen (secondary N) is 1. The fourth-order valence-electron chi connectivity index (χ4n) is 3.44. The first-order valence-electron chi connectivity index (χ1n) is 9.51. The van der Waals surface area contributed by atoms with Gasteiger partial charge in [0.2, 0.25) is 11.8 Å². The molecule has 1 N–H and O–H groups in total. The highest BCUT2D eigenvalue weighted by Gasteiger charge is 2.33. The van der Waals surface area contributed by atoms with Gasteiger partial charge in [0.25, 0.3) is 0 Å². The van der Waals surface area contributed by atoms with Crippen molar-refractivity contribution in [2.75, 3.05) is 27.3 Å². The molecule has 1 atom stereocenters. The van der Waals surface area contributed by atoms with E-state index in [-0.39, 0.29) is 36.5 Å². The van der Waals surface area contributed by atoms with E-state index in [1.165, 1.54) is 12.1 Å². The van der Waals surface area contributed by atoms with Gasteiger partial charge in [0.1, 0.15) is 5.82 Å². The van der Waals surface area contributed by atoms with Gasteiger partial charge in [-0.25, -0.2) is 4.39 Å². The Labute approximate surface area is 169 Å². The number of halogens is 1. The molecule has 0 aliphatic carbocycles. The van der Waals surface area contributed by atoms with E-state index in [0.717, 1.165) is 5.56 Å². The second-order valence-corrected chi connectivity index (χ2v) is 7.03. The number of likely N-dealkylation sites (tertiary alicyclic amines) is 1. The van der Waals surface area contributed by atoms with E-state index >= 15 is 0 Å². The molecule has 29 heavy (non-hydrogen) atoms. The summed E-state index contributed by atoms with van der Waals surface area (Å²) in [5.41, 5.74) is 1.71. The number of rotatable bonds is 8. The van der Waals surface area contributed by atoms with Crippen molar-refractivity contribution in [3.8, 4) is 11.5 Å². The summed E-state index contributed by atoms with van der Waals surface area (Å²) in [6, 6.07) is 11.8. The van der Waals surface area contributed by atoms with E-state index < -0.39 is 0 Å². The molecule has 1 saturated heterocycles. The Morgan fingerprint density at radius 1 is 1.14 bits per heavy atom. The van der Waals surface area contributed by atoms with Crippen molar-refractivity contribution in [1.82, 2.24) is 10.2 Å². The van der Waals surface area contributed by atoms with E-state index in [2.05, 4.69) is 5.32 Å². The zero-order valence-corrected chi connectivity index (χ0v) is 16.6. The first-order valence-corrected chi connectivity index (χ1v) is 9.51. The maximum Gasteiger partial charge on any atom is 0.225 e. The lowest BCUT2D eigenvalue weighted by Crippen LogP contribution is -2.33. The summed E-state index contributed by atoms with van der Waals surface area (Å²) < 4.78 is 23.8. The minimum absolute atomic E-state index is 0.0311. The zero-order valence-electron chi connectivity index (χ0n) is 16.6. The van der Waals surface area contributed by atoms with Gasteiger partial charge in [0.05, 0.1) is 20.1 Å². The molecule has 2 aromatic carbocycles. The predicted molar refractivity (Wildman–Crippen MR) is 106 cm³/mol. The van der Waals surface area contributed by atoms with E-state index in [1.807, 2.05) is 18.2 Å². The van der Waals surface area contributed by atoms with Crippen LogP contribution in [0, 0.1) is 11.7 Å². The molecule has 0 spiro atoms. The molecule has 7 heteroatoms. The molecule has 0 aromatic heterocycles. The van der Waals surface area contributed by atoms with Crippen molar-refractivity contribution in [2.45, 2.75) is 19.4 Å². The minimum Gasteiger partial charge on any atom is -0.493 e. The van der Waals surface area contributed by atoms with Gasteiger partial charge >= 0.3 is 0 Å². The number of nitrogens with zero attached hydrogens (tertiary/aromatic N) is 1. The van der Waals surface area contributed by atoms with Gasteiger partial charge in [-0.15, -0.1) is 0 Å². The number of methoxy groups -OCH3 is 2. The second-order valence-electron chi connectivity index (χ2n) is 7.03. The lowest BCUT2D eigenvalue weighted by atomic mass is 10.1. The number of carbonyl (C=O) groups excluding carboxylic acids is 2. The average Bonchev–Trinajstić information content (AvgIpc) is 3.11. The molecule has 3 rings (SSSR count). The molecule has 154 valence electrons. The van der Waals surface area contributed by atoms with E-state index in [4.69, 9.17) is 9.47 Å². The Balaban J connectivity index is 1.51. The summed E-state index contributed by atoms with van der Waals surface area (Å²) in [4.78, 5) is 26.4. The Morgan fingerprint density at radius 2 is 1.93 bits per heavy atom. The van der Waals surface area contributed by atoms with Crippen LogP contribution in [0.3, 0.4) is 0 Å². The van der Waals surface area contributed by atoms with E-state index in [1.54, 1.807) is 31.3 Å². The van der Waals surface area contributed by atoms with Crippen LogP contribution in [-0.4, -0.2) is 44.0 Å². The molecule has 1 aliphatic heterocycles. The first kappa shape index (κ1) is 20.6. The van der Waals surface area contributed by atoms with Crippen LogP contribution in [0.2, 0.25) is 0 Å². The summed E-state index contributed by atoms with van der Waals surface area (Å²) in [7, 11) is 3.17. The number of hydrogen-bond acceptors (Lipinski definition) is 4. The van der Waals surface area contributed by atoms with Crippen molar-refractivity contribution in [3.05, 3.63) is 59.4 Å². The fourth-order valence-corrected chi connectivity index (χ4v) is 3.44. The molecule has 1 heterocycles. The molecule has 1 aliphatic rings. The van der Waals surface area contributed by atoms with Crippen LogP contribution in [0.15, 0.2) is 42.5 Å². The van der Waals surface area contributed by atoms with Crippen LogP contribution < -0.4 is 14.8 Å². The molecule has 2 aromatic rings. The number of ether oxygens (including phenoxy) is 2. The van der Waals surface area contributed by atoms with Gasteiger partial charge in [-0.05, 0) is 41.8 Å². The van der Waals surface area contributed by atoms with Gasteiger partial charge in [-0.2, -0.15) is 0 Å². The van der Waals surface area contributed by atoms with Crippen molar-refractivity contribution >= 4 is 11.8 Å². The summed E-state index contributed by atoms with van der Waals surface area (Å²) in [5, 5.41) is 2.80. The molecule has 1 fully saturated rings. The van der Waals surface area contributed by atoms with Gasteiger partial charge in [0.15, 0.2) is 11.5 Å². The SMILES string of the molecule is COc1ccc(CCN2CC(C(=O)NCc3cccc(F)c3)CC2=O)cc1OC. The smallest absolute Gasteiger partial charge is 0.225 e. The van der Waals surface area contributed by atoms with Crippen molar-refractivity contribution in [3.63, 3.8) is 0 Å². The molecule has 0 radical (unpaired) electrons. The van der Waals surface area contributed by atoms with Crippen LogP contribution in [-0.2, 0) is 22.6 Å². The summed E-state index contributed by atoms with van der Waals surface area (Å²) in [6.45, 7) is 1.16. The Hall–Kier alpha value is -3.09. The summed E-state index contributed by atoms with van der Waals surface area (Å²) >= 11 is 0. The topological polar surface area (TPSA) is 67.9 Å². The Kier molecular flexibility index (Phi) is 6.69. The van der Waals surface area contributed by atoms with Crippen LogP contribution in [0.25, 0.3) is 0 Å². The van der Waals surface area contributed by atoms with Crippen LogP contribution in [0.5, 0.6) is 11.5 Å². The monoisotopic (exact) mass is 400 g/mol. The van der Waals surface area contributed by atoms with E-state index in [9.17, 15) is 14.0 Å². The minimum atomic E-state index is -0.388. The third-order valence-electron chi connectivity index (χ3n) is 5.06. The maximum atomic E-state index is 13.2. The predicted octanol–water partition coefficient (Wildman–Crippen LogP) is 2.55. The molecule has 6 nitrogen and oxygen atoms in total. The van der Waals surface area contributed by atoms with Crippen LogP contribution in [0.4, 0.5) is 4.39 Å². The normalized spacial score (nSPS) is 16.0. The molecule has 1 unspecified atom stereocenters. The lowest BCUT2D eigenvalue weighted by Gasteiger charge is -2.17. The number of amides is 2. The van der Waals surface area contributed by atoms with Gasteiger partial charge in [-0.1, -0.05) is 18.2 Å². The van der Waals surface area contributed by atoms with Crippen molar-refractivity contribution in [1.29, 1.82) is 0 Å². The molecule has 0 bridgehead atoms. The number of benzene rings is 2. The summed E-state index contributed by atoms with van der Waals surface area (Å²) in [5.74, 6) is 0.360. The molecular weight excluding hydrogens is 375 g/mol. The standard InChI is InChI=1S/C22H25FN2O4/c1-28-19-7-6-15(11-20(19)29-2)8-9-25-14-17(12-21(25)26)22(27)24-13-16-4-3-5-18(23)10-16/h3-7,10-11,17H,8-9,12-14H2,1-2H3,(H,24,27). The van der Waals surface area contributed by atoms with Gasteiger partial charge in [0, 0.05) is 26.1 Å². The fraction of sp³-hybridized carbons (Fsp3) is 0.364. The quantitative estimate of drug-likeness (QED) is 0.740. The molecule has 2 amide bonds. The van der Waals surface area contributed by atoms with E-state index in [0.29, 0.717) is 36.6 Å². The highest BCUT2D eigenvalue weighted by atomic mass is 19.1. The lowest BCUT2D eigenvalue weighted by molar-refractivity contribution is -0.129. The Morgan fingerprint density at radius 3 is 2.66 bits per heavy atom. The number of hydrogen-bond donors (Lipinski definition) is 1. The number of carbonyl (C=O) groups is 2. The van der Waals surface area contributed by atoms with Gasteiger partial charge < -0.3 is 19.7 Å². The maximum absolute atomic E-state index is 13.2. The van der Waals surface area contributed by atoms with Crippen molar-refractivity contribution < 1.29 is 23.5 Å². The highest BCUT2D eigenvalue weighted by molar-refractivity contribution is 5.89.